The molecule has 0 radical (unpaired) electrons. The van der Waals surface area contributed by atoms with Crippen molar-refractivity contribution in [1.29, 1.82) is 0 Å². The summed E-state index contributed by atoms with van der Waals surface area (Å²) in [5, 5.41) is 0.826. The Balaban J connectivity index is 2.05. The Morgan fingerprint density at radius 1 is 1.71 bits per heavy atom. The smallest absolute Gasteiger partial charge is 0.159 e. The quantitative estimate of drug-likeness (QED) is 0.465. The van der Waals surface area contributed by atoms with Crippen molar-refractivity contribution in [2.45, 2.75) is 13.5 Å². The first-order valence-corrected chi connectivity index (χ1v) is 6.07. The summed E-state index contributed by atoms with van der Waals surface area (Å²) >= 11 is 1.46. The SMILES string of the molecule is C#Cc1cnc(/C(=C/C)OCc2ccc[cH-]2)s1. The summed E-state index contributed by atoms with van der Waals surface area (Å²) in [6.45, 7) is 2.48. The molecule has 0 aliphatic rings. The van der Waals surface area contributed by atoms with Crippen molar-refractivity contribution in [3.63, 3.8) is 0 Å². The zero-order valence-corrected chi connectivity index (χ0v) is 10.3. The van der Waals surface area contributed by atoms with Crippen LogP contribution in [0.1, 0.15) is 22.4 Å². The number of ether oxygens (including phenoxy) is 1. The maximum atomic E-state index is 5.72. The Bertz CT molecular complexity index is 543. The first kappa shape index (κ1) is 11.6. The van der Waals surface area contributed by atoms with E-state index in [2.05, 4.69) is 10.9 Å². The van der Waals surface area contributed by atoms with Gasteiger partial charge in [-0.05, 0) is 13.0 Å². The third kappa shape index (κ3) is 2.80. The minimum Gasteiger partial charge on any atom is -0.488 e. The van der Waals surface area contributed by atoms with Gasteiger partial charge in [0.2, 0.25) is 0 Å². The Kier molecular flexibility index (Phi) is 3.69. The number of nitrogens with zero attached hydrogens (tertiary/aromatic N) is 1. The molecule has 17 heavy (non-hydrogen) atoms. The molecule has 3 heteroatoms. The van der Waals surface area contributed by atoms with Crippen molar-refractivity contribution in [1.82, 2.24) is 4.98 Å². The van der Waals surface area contributed by atoms with E-state index in [4.69, 9.17) is 11.2 Å². The molecule has 0 saturated heterocycles. The van der Waals surface area contributed by atoms with E-state index in [-0.39, 0.29) is 0 Å². The first-order chi connectivity index (χ1) is 8.33. The molecule has 0 atom stereocenters. The lowest BCUT2D eigenvalue weighted by Gasteiger charge is -2.08. The molecule has 0 aliphatic heterocycles. The van der Waals surface area contributed by atoms with Gasteiger partial charge in [0.1, 0.15) is 0 Å². The van der Waals surface area contributed by atoms with Crippen LogP contribution in [0.3, 0.4) is 0 Å². The van der Waals surface area contributed by atoms with Crippen molar-refractivity contribution in [2.24, 2.45) is 0 Å². The molecular weight excluding hydrogens is 230 g/mol. The van der Waals surface area contributed by atoms with Crippen molar-refractivity contribution in [3.8, 4) is 12.3 Å². The molecule has 2 rings (SSSR count). The van der Waals surface area contributed by atoms with Crippen LogP contribution in [0.25, 0.3) is 5.76 Å². The molecule has 0 amide bonds. The highest BCUT2D eigenvalue weighted by Gasteiger charge is 2.06. The molecule has 0 aliphatic carbocycles. The lowest BCUT2D eigenvalue weighted by molar-refractivity contribution is 0.264. The van der Waals surface area contributed by atoms with Gasteiger partial charge in [0, 0.05) is 0 Å². The molecule has 1 aromatic carbocycles. The standard InChI is InChI=1S/C14H12NOS/c1-3-12-9-15-14(17-12)13(4-2)16-10-11-7-5-6-8-11/h1,4-9H,10H2,2H3/q-1/b13-4-. The number of hydrogen-bond donors (Lipinski definition) is 0. The number of aromatic nitrogens is 1. The second-order valence-electron chi connectivity index (χ2n) is 3.41. The molecule has 0 unspecified atom stereocenters. The van der Waals surface area contributed by atoms with Crippen molar-refractivity contribution >= 4 is 17.1 Å². The molecule has 0 spiro atoms. The van der Waals surface area contributed by atoms with Crippen molar-refractivity contribution in [3.05, 3.63) is 52.0 Å². The molecule has 2 aromatic rings. The van der Waals surface area contributed by atoms with Gasteiger partial charge in [0.05, 0.1) is 17.7 Å². The number of terminal acetylenes is 1. The summed E-state index contributed by atoms with van der Waals surface area (Å²) in [6.07, 6.45) is 8.91. The number of hydrogen-bond acceptors (Lipinski definition) is 3. The van der Waals surface area contributed by atoms with Crippen LogP contribution >= 0.6 is 11.3 Å². The van der Waals surface area contributed by atoms with Crippen molar-refractivity contribution in [2.75, 3.05) is 0 Å². The van der Waals surface area contributed by atoms with Gasteiger partial charge < -0.3 is 4.74 Å². The summed E-state index contributed by atoms with van der Waals surface area (Å²) in [5.74, 6) is 3.34. The van der Waals surface area contributed by atoms with Crippen LogP contribution in [-0.4, -0.2) is 4.98 Å². The maximum absolute atomic E-state index is 5.72. The minimum atomic E-state index is 0.553. The van der Waals surface area contributed by atoms with Gasteiger partial charge in [-0.3, -0.25) is 0 Å². The molecular formula is C14H12NOS-. The molecule has 0 fully saturated rings. The van der Waals surface area contributed by atoms with E-state index in [1.165, 1.54) is 11.3 Å². The third-order valence-corrected chi connectivity index (χ3v) is 3.19. The molecule has 86 valence electrons. The summed E-state index contributed by atoms with van der Waals surface area (Å²) in [7, 11) is 0. The maximum Gasteiger partial charge on any atom is 0.159 e. The molecule has 0 bridgehead atoms. The average molecular weight is 242 g/mol. The van der Waals surface area contributed by atoms with Gasteiger partial charge in [-0.1, -0.05) is 5.92 Å². The fourth-order valence-corrected chi connectivity index (χ4v) is 2.15. The first-order valence-electron chi connectivity index (χ1n) is 5.26. The van der Waals surface area contributed by atoms with Gasteiger partial charge in [0.25, 0.3) is 0 Å². The molecule has 0 saturated carbocycles. The summed E-state index contributed by atoms with van der Waals surface area (Å²) in [4.78, 5) is 5.06. The lowest BCUT2D eigenvalue weighted by atomic mass is 10.3. The lowest BCUT2D eigenvalue weighted by Crippen LogP contribution is -1.91. The fourth-order valence-electron chi connectivity index (χ4n) is 1.39. The predicted molar refractivity (Wildman–Crippen MR) is 70.5 cm³/mol. The Morgan fingerprint density at radius 2 is 2.59 bits per heavy atom. The van der Waals surface area contributed by atoms with Crippen molar-refractivity contribution < 1.29 is 4.74 Å². The predicted octanol–water partition coefficient (Wildman–Crippen LogP) is 3.42. The van der Waals surface area contributed by atoms with Crippen LogP contribution in [0.2, 0.25) is 0 Å². The summed E-state index contributed by atoms with van der Waals surface area (Å²) in [5.41, 5.74) is 1.15. The molecule has 1 heterocycles. The third-order valence-electron chi connectivity index (χ3n) is 2.25. The van der Waals surface area contributed by atoms with Crippen LogP contribution in [0.5, 0.6) is 0 Å². The summed E-state index contributed by atoms with van der Waals surface area (Å²) in [6, 6.07) is 8.05. The van der Waals surface area contributed by atoms with E-state index < -0.39 is 0 Å². The van der Waals surface area contributed by atoms with Gasteiger partial charge in [-0.2, -0.15) is 12.1 Å². The molecule has 1 aromatic heterocycles. The van der Waals surface area contributed by atoms with E-state index in [1.54, 1.807) is 6.20 Å². The highest BCUT2D eigenvalue weighted by atomic mass is 32.1. The van der Waals surface area contributed by atoms with Gasteiger partial charge >= 0.3 is 0 Å². The molecule has 0 N–H and O–H groups in total. The Morgan fingerprint density at radius 3 is 3.18 bits per heavy atom. The highest BCUT2D eigenvalue weighted by Crippen LogP contribution is 2.22. The summed E-state index contributed by atoms with van der Waals surface area (Å²) < 4.78 is 5.72. The van der Waals surface area contributed by atoms with Crippen LogP contribution in [0, 0.1) is 12.3 Å². The fraction of sp³-hybridized carbons (Fsp3) is 0.143. The van der Waals surface area contributed by atoms with Crippen LogP contribution in [0.4, 0.5) is 0 Å². The Labute approximate surface area is 105 Å². The number of allylic oxidation sites excluding steroid dienone is 1. The van der Waals surface area contributed by atoms with E-state index in [0.29, 0.717) is 6.61 Å². The van der Waals surface area contributed by atoms with E-state index in [9.17, 15) is 0 Å². The number of thiazole rings is 1. The van der Waals surface area contributed by atoms with Crippen LogP contribution in [0.15, 0.2) is 36.5 Å². The normalized spacial score (nSPS) is 11.2. The second kappa shape index (κ2) is 5.42. The zero-order chi connectivity index (χ0) is 12.1. The number of rotatable bonds is 4. The van der Waals surface area contributed by atoms with E-state index >= 15 is 0 Å². The van der Waals surface area contributed by atoms with E-state index in [1.807, 2.05) is 37.3 Å². The van der Waals surface area contributed by atoms with Crippen LogP contribution in [-0.2, 0) is 11.3 Å². The van der Waals surface area contributed by atoms with E-state index in [0.717, 1.165) is 21.2 Å². The van der Waals surface area contributed by atoms with Gasteiger partial charge in [-0.25, -0.2) is 17.1 Å². The molecule has 2 nitrogen and oxygen atoms in total. The van der Waals surface area contributed by atoms with Gasteiger partial charge in [-0.15, -0.1) is 23.3 Å². The Hall–Kier alpha value is -1.92. The largest absolute Gasteiger partial charge is 0.488 e. The zero-order valence-electron chi connectivity index (χ0n) is 9.51. The highest BCUT2D eigenvalue weighted by molar-refractivity contribution is 7.13. The van der Waals surface area contributed by atoms with Crippen LogP contribution < -0.4 is 0 Å². The van der Waals surface area contributed by atoms with Gasteiger partial charge in [0.15, 0.2) is 10.8 Å². The monoisotopic (exact) mass is 242 g/mol. The topological polar surface area (TPSA) is 22.1 Å². The minimum absolute atomic E-state index is 0.553. The average Bonchev–Trinajstić information content (AvgIpc) is 3.00. The second-order valence-corrected chi connectivity index (χ2v) is 4.44.